The van der Waals surface area contributed by atoms with Gasteiger partial charge in [0, 0.05) is 22.9 Å². The molecular formula is C23H23N3O4. The van der Waals surface area contributed by atoms with Gasteiger partial charge in [0.05, 0.1) is 11.3 Å². The van der Waals surface area contributed by atoms with Gasteiger partial charge in [0.1, 0.15) is 18.1 Å². The van der Waals surface area contributed by atoms with Gasteiger partial charge >= 0.3 is 0 Å². The molecular weight excluding hydrogens is 382 g/mol. The van der Waals surface area contributed by atoms with E-state index in [-0.39, 0.29) is 17.7 Å². The molecule has 1 aromatic heterocycles. The highest BCUT2D eigenvalue weighted by molar-refractivity contribution is 6.04. The van der Waals surface area contributed by atoms with E-state index in [1.165, 1.54) is 0 Å². The van der Waals surface area contributed by atoms with E-state index < -0.39 is 0 Å². The van der Waals surface area contributed by atoms with Crippen LogP contribution in [0.25, 0.3) is 0 Å². The monoisotopic (exact) mass is 405 g/mol. The molecule has 0 aliphatic heterocycles. The Balaban J connectivity index is 1.35. The quantitative estimate of drug-likeness (QED) is 0.605. The van der Waals surface area contributed by atoms with E-state index in [1.54, 1.807) is 48.5 Å². The normalized spacial score (nSPS) is 13.0. The Morgan fingerprint density at radius 2 is 1.77 bits per heavy atom. The van der Waals surface area contributed by atoms with Gasteiger partial charge in [-0.1, -0.05) is 11.2 Å². The molecule has 4 rings (SSSR count). The Morgan fingerprint density at radius 1 is 1.07 bits per heavy atom. The number of hydrogen-bond donors (Lipinski definition) is 2. The Morgan fingerprint density at radius 3 is 2.40 bits per heavy atom. The van der Waals surface area contributed by atoms with Crippen molar-refractivity contribution in [3.8, 4) is 5.75 Å². The molecule has 0 atom stereocenters. The minimum absolute atomic E-state index is 0.0330. The van der Waals surface area contributed by atoms with Gasteiger partial charge in [0.15, 0.2) is 0 Å². The number of benzene rings is 2. The molecule has 1 heterocycles. The zero-order chi connectivity index (χ0) is 21.1. The highest BCUT2D eigenvalue weighted by Crippen LogP contribution is 2.30. The molecule has 0 bridgehead atoms. The van der Waals surface area contributed by atoms with Crippen LogP contribution in [0.5, 0.6) is 5.75 Å². The van der Waals surface area contributed by atoms with Crippen molar-refractivity contribution >= 4 is 23.2 Å². The molecule has 0 saturated heterocycles. The summed E-state index contributed by atoms with van der Waals surface area (Å²) >= 11 is 0. The van der Waals surface area contributed by atoms with Gasteiger partial charge < -0.3 is 19.9 Å². The lowest BCUT2D eigenvalue weighted by Crippen LogP contribution is -2.14. The first-order valence-electron chi connectivity index (χ1n) is 9.86. The zero-order valence-corrected chi connectivity index (χ0v) is 16.9. The van der Waals surface area contributed by atoms with Crippen LogP contribution in [0.15, 0.2) is 53.1 Å². The average Bonchev–Trinajstić information content (AvgIpc) is 3.54. The number of ether oxygens (including phenoxy) is 1. The number of nitrogens with zero attached hydrogens (tertiary/aromatic N) is 1. The summed E-state index contributed by atoms with van der Waals surface area (Å²) in [6, 6.07) is 14.0. The van der Waals surface area contributed by atoms with E-state index in [9.17, 15) is 9.59 Å². The third kappa shape index (κ3) is 4.68. The molecule has 1 saturated carbocycles. The van der Waals surface area contributed by atoms with Crippen LogP contribution in [0, 0.1) is 19.8 Å². The van der Waals surface area contributed by atoms with E-state index in [2.05, 4.69) is 15.8 Å². The molecule has 1 aliphatic rings. The molecule has 0 radical (unpaired) electrons. The Labute approximate surface area is 174 Å². The molecule has 0 spiro atoms. The summed E-state index contributed by atoms with van der Waals surface area (Å²) in [5.41, 5.74) is 3.52. The molecule has 2 amide bonds. The van der Waals surface area contributed by atoms with Crippen molar-refractivity contribution < 1.29 is 18.8 Å². The van der Waals surface area contributed by atoms with Crippen molar-refractivity contribution in [2.24, 2.45) is 5.92 Å². The molecule has 3 aromatic rings. The van der Waals surface area contributed by atoms with Gasteiger partial charge in [0.2, 0.25) is 5.91 Å². The largest absolute Gasteiger partial charge is 0.489 e. The van der Waals surface area contributed by atoms with E-state index in [1.807, 2.05) is 13.8 Å². The van der Waals surface area contributed by atoms with E-state index in [4.69, 9.17) is 9.26 Å². The molecule has 7 heteroatoms. The molecule has 7 nitrogen and oxygen atoms in total. The summed E-state index contributed by atoms with van der Waals surface area (Å²) in [6.45, 7) is 4.07. The number of nitrogens with one attached hydrogen (secondary N) is 2. The first kappa shape index (κ1) is 19.7. The Bertz CT molecular complexity index is 1050. The summed E-state index contributed by atoms with van der Waals surface area (Å²) in [5, 5.41) is 9.64. The van der Waals surface area contributed by atoms with Crippen molar-refractivity contribution in [1.82, 2.24) is 5.16 Å². The van der Waals surface area contributed by atoms with Crippen molar-refractivity contribution in [2.45, 2.75) is 33.3 Å². The van der Waals surface area contributed by atoms with Crippen LogP contribution in [-0.4, -0.2) is 17.0 Å². The fourth-order valence-electron chi connectivity index (χ4n) is 3.03. The predicted molar refractivity (Wildman–Crippen MR) is 112 cm³/mol. The van der Waals surface area contributed by atoms with Crippen LogP contribution in [0.3, 0.4) is 0 Å². The van der Waals surface area contributed by atoms with Crippen LogP contribution in [0.1, 0.15) is 40.2 Å². The smallest absolute Gasteiger partial charge is 0.255 e. The van der Waals surface area contributed by atoms with Crippen LogP contribution in [0.4, 0.5) is 11.4 Å². The highest BCUT2D eigenvalue weighted by atomic mass is 16.5. The fourth-order valence-corrected chi connectivity index (χ4v) is 3.03. The topological polar surface area (TPSA) is 93.5 Å². The predicted octanol–water partition coefficient (Wildman–Crippen LogP) is 4.47. The number of carbonyl (C=O) groups is 2. The maximum Gasteiger partial charge on any atom is 0.255 e. The fraction of sp³-hybridized carbons (Fsp3) is 0.261. The van der Waals surface area contributed by atoms with E-state index in [0.29, 0.717) is 29.3 Å². The third-order valence-electron chi connectivity index (χ3n) is 5.02. The van der Waals surface area contributed by atoms with Gasteiger partial charge in [-0.2, -0.15) is 0 Å². The average molecular weight is 405 g/mol. The number of carbonyl (C=O) groups excluding carboxylic acids is 2. The molecule has 2 N–H and O–H groups in total. The van der Waals surface area contributed by atoms with Gasteiger partial charge in [0.25, 0.3) is 5.91 Å². The number of hydrogen-bond acceptors (Lipinski definition) is 5. The lowest BCUT2D eigenvalue weighted by molar-refractivity contribution is -0.117. The number of aryl methyl sites for hydroxylation is 2. The van der Waals surface area contributed by atoms with Crippen molar-refractivity contribution in [3.05, 3.63) is 71.1 Å². The van der Waals surface area contributed by atoms with Gasteiger partial charge in [-0.05, 0) is 69.2 Å². The van der Waals surface area contributed by atoms with Gasteiger partial charge in [-0.25, -0.2) is 0 Å². The molecule has 0 unspecified atom stereocenters. The molecule has 154 valence electrons. The second-order valence-electron chi connectivity index (χ2n) is 7.41. The third-order valence-corrected chi connectivity index (χ3v) is 5.02. The Hall–Kier alpha value is -3.61. The maximum atomic E-state index is 12.6. The summed E-state index contributed by atoms with van der Waals surface area (Å²) in [7, 11) is 0. The number of anilines is 2. The summed E-state index contributed by atoms with van der Waals surface area (Å²) in [5.74, 6) is 1.31. The molecule has 2 aromatic carbocycles. The zero-order valence-electron chi connectivity index (χ0n) is 16.9. The summed E-state index contributed by atoms with van der Waals surface area (Å²) in [4.78, 5) is 24.5. The molecule has 1 aliphatic carbocycles. The van der Waals surface area contributed by atoms with E-state index in [0.717, 1.165) is 29.9 Å². The van der Waals surface area contributed by atoms with E-state index >= 15 is 0 Å². The molecule has 30 heavy (non-hydrogen) atoms. The van der Waals surface area contributed by atoms with Crippen LogP contribution in [-0.2, 0) is 11.4 Å². The number of rotatable bonds is 7. The first-order chi connectivity index (χ1) is 14.5. The Kier molecular flexibility index (Phi) is 5.52. The first-order valence-corrected chi connectivity index (χ1v) is 9.86. The minimum atomic E-state index is -0.238. The van der Waals surface area contributed by atoms with Crippen molar-refractivity contribution in [1.29, 1.82) is 0 Å². The van der Waals surface area contributed by atoms with Crippen LogP contribution >= 0.6 is 0 Å². The van der Waals surface area contributed by atoms with Crippen LogP contribution < -0.4 is 15.4 Å². The second kappa shape index (κ2) is 8.41. The lowest BCUT2D eigenvalue weighted by atomic mass is 10.2. The maximum absolute atomic E-state index is 12.6. The number of amides is 2. The minimum Gasteiger partial charge on any atom is -0.489 e. The SMILES string of the molecule is Cc1noc(C)c1COc1ccc(C(=O)Nc2cccc(NC(=O)C3CC3)c2)cc1. The van der Waals surface area contributed by atoms with Crippen LogP contribution in [0.2, 0.25) is 0 Å². The summed E-state index contributed by atoms with van der Waals surface area (Å²) < 4.78 is 10.9. The van der Waals surface area contributed by atoms with Gasteiger partial charge in [-0.3, -0.25) is 9.59 Å². The van der Waals surface area contributed by atoms with Crippen molar-refractivity contribution in [3.63, 3.8) is 0 Å². The lowest BCUT2D eigenvalue weighted by Gasteiger charge is -2.10. The van der Waals surface area contributed by atoms with Crippen molar-refractivity contribution in [2.75, 3.05) is 10.6 Å². The van der Waals surface area contributed by atoms with Gasteiger partial charge in [-0.15, -0.1) is 0 Å². The highest BCUT2D eigenvalue weighted by Gasteiger charge is 2.29. The standard InChI is InChI=1S/C23H23N3O4/c1-14-21(15(2)30-26-14)13-29-20-10-8-17(9-11-20)23(28)25-19-5-3-4-18(12-19)24-22(27)16-6-7-16/h3-5,8-12,16H,6-7,13H2,1-2H3,(H,24,27)(H,25,28). The molecule has 1 fully saturated rings. The summed E-state index contributed by atoms with van der Waals surface area (Å²) in [6.07, 6.45) is 1.89. The number of aromatic nitrogens is 1. The second-order valence-corrected chi connectivity index (χ2v) is 7.41.